The van der Waals surface area contributed by atoms with E-state index in [1.807, 2.05) is 6.92 Å². The first-order chi connectivity index (χ1) is 11.8. The molecule has 0 bridgehead atoms. The molecule has 0 aromatic heterocycles. The highest BCUT2D eigenvalue weighted by Crippen LogP contribution is 2.24. The van der Waals surface area contributed by atoms with Crippen molar-refractivity contribution in [3.05, 3.63) is 70.8 Å². The molecule has 0 unspecified atom stereocenters. The summed E-state index contributed by atoms with van der Waals surface area (Å²) >= 11 is 0. The molecule has 134 valence electrons. The third-order valence-electron chi connectivity index (χ3n) is 4.73. The highest BCUT2D eigenvalue weighted by Gasteiger charge is 2.15. The number of carbonyl (C=O) groups excluding carboxylic acids is 1. The first kappa shape index (κ1) is 19.2. The Morgan fingerprint density at radius 1 is 0.960 bits per heavy atom. The highest BCUT2D eigenvalue weighted by molar-refractivity contribution is 5.76. The summed E-state index contributed by atoms with van der Waals surface area (Å²) in [5.41, 5.74) is 5.16. The Morgan fingerprint density at radius 2 is 1.52 bits per heavy atom. The van der Waals surface area contributed by atoms with Crippen molar-refractivity contribution in [1.29, 1.82) is 0 Å². The molecule has 2 aromatic rings. The van der Waals surface area contributed by atoms with Crippen molar-refractivity contribution in [3.8, 4) is 0 Å². The second-order valence-corrected chi connectivity index (χ2v) is 7.83. The van der Waals surface area contributed by atoms with E-state index in [1.165, 1.54) is 16.7 Å². The molecule has 2 heteroatoms. The molecule has 2 nitrogen and oxygen atoms in total. The first-order valence-corrected chi connectivity index (χ1v) is 9.27. The summed E-state index contributed by atoms with van der Waals surface area (Å²) in [5.74, 6) is 0.104. The van der Waals surface area contributed by atoms with E-state index in [0.717, 1.165) is 18.4 Å². The summed E-state index contributed by atoms with van der Waals surface area (Å²) < 4.78 is 0. The summed E-state index contributed by atoms with van der Waals surface area (Å²) in [6.45, 7) is 10.8. The van der Waals surface area contributed by atoms with E-state index in [0.29, 0.717) is 6.42 Å². The van der Waals surface area contributed by atoms with Crippen LogP contribution in [-0.2, 0) is 23.1 Å². The van der Waals surface area contributed by atoms with E-state index >= 15 is 0 Å². The molecular formula is C23H31NO. The van der Waals surface area contributed by atoms with Gasteiger partial charge in [0.05, 0.1) is 6.04 Å². The Morgan fingerprint density at radius 3 is 2.04 bits per heavy atom. The van der Waals surface area contributed by atoms with Gasteiger partial charge in [0.1, 0.15) is 0 Å². The zero-order valence-electron chi connectivity index (χ0n) is 16.2. The van der Waals surface area contributed by atoms with Crippen molar-refractivity contribution in [1.82, 2.24) is 5.32 Å². The zero-order chi connectivity index (χ0) is 18.4. The Bertz CT molecular complexity index is 678. The minimum Gasteiger partial charge on any atom is -0.350 e. The van der Waals surface area contributed by atoms with Gasteiger partial charge in [-0.05, 0) is 47.4 Å². The molecule has 25 heavy (non-hydrogen) atoms. The lowest BCUT2D eigenvalue weighted by atomic mass is 9.86. The van der Waals surface area contributed by atoms with E-state index < -0.39 is 0 Å². The number of rotatable bonds is 6. The second kappa shape index (κ2) is 8.33. The van der Waals surface area contributed by atoms with Gasteiger partial charge in [0.15, 0.2) is 0 Å². The molecule has 0 heterocycles. The van der Waals surface area contributed by atoms with E-state index in [4.69, 9.17) is 0 Å². The fraction of sp³-hybridized carbons (Fsp3) is 0.435. The van der Waals surface area contributed by atoms with Crippen molar-refractivity contribution >= 4 is 5.91 Å². The smallest absolute Gasteiger partial charge is 0.220 e. The zero-order valence-corrected chi connectivity index (χ0v) is 16.2. The third kappa shape index (κ3) is 5.74. The van der Waals surface area contributed by atoms with E-state index in [-0.39, 0.29) is 17.4 Å². The topological polar surface area (TPSA) is 29.1 Å². The van der Waals surface area contributed by atoms with E-state index in [2.05, 4.69) is 81.5 Å². The number of hydrogen-bond acceptors (Lipinski definition) is 1. The first-order valence-electron chi connectivity index (χ1n) is 9.27. The van der Waals surface area contributed by atoms with Crippen LogP contribution in [0.5, 0.6) is 0 Å². The van der Waals surface area contributed by atoms with Gasteiger partial charge in [-0.1, -0.05) is 76.2 Å². The van der Waals surface area contributed by atoms with Crippen LogP contribution in [0.15, 0.2) is 48.5 Å². The normalized spacial score (nSPS) is 12.7. The van der Waals surface area contributed by atoms with Gasteiger partial charge in [-0.3, -0.25) is 4.79 Å². The Hall–Kier alpha value is -2.09. The lowest BCUT2D eigenvalue weighted by Crippen LogP contribution is -2.26. The number of benzene rings is 2. The molecule has 1 N–H and O–H groups in total. The quantitative estimate of drug-likeness (QED) is 0.755. The van der Waals surface area contributed by atoms with Crippen molar-refractivity contribution in [3.63, 3.8) is 0 Å². The molecule has 0 radical (unpaired) electrons. The van der Waals surface area contributed by atoms with Crippen LogP contribution in [0.3, 0.4) is 0 Å². The van der Waals surface area contributed by atoms with Crippen LogP contribution in [0.25, 0.3) is 0 Å². The summed E-state index contributed by atoms with van der Waals surface area (Å²) in [4.78, 5) is 12.2. The number of aryl methyl sites for hydroxylation is 2. The third-order valence-corrected chi connectivity index (χ3v) is 4.73. The molecule has 1 atom stereocenters. The SMILES string of the molecule is CCc1ccc(CCC(=O)N[C@H](C)c2ccc(C(C)(C)C)cc2)cc1. The van der Waals surface area contributed by atoms with Crippen LogP contribution in [0, 0.1) is 0 Å². The molecule has 0 aliphatic carbocycles. The maximum absolute atomic E-state index is 12.2. The number of hydrogen-bond donors (Lipinski definition) is 1. The summed E-state index contributed by atoms with van der Waals surface area (Å²) in [6.07, 6.45) is 2.35. The molecular weight excluding hydrogens is 306 g/mol. The number of nitrogens with one attached hydrogen (secondary N) is 1. The lowest BCUT2D eigenvalue weighted by Gasteiger charge is -2.20. The van der Waals surface area contributed by atoms with Gasteiger partial charge in [0, 0.05) is 6.42 Å². The van der Waals surface area contributed by atoms with E-state index in [1.54, 1.807) is 0 Å². The Kier molecular flexibility index (Phi) is 6.41. The van der Waals surface area contributed by atoms with Gasteiger partial charge < -0.3 is 5.32 Å². The van der Waals surface area contributed by atoms with Gasteiger partial charge in [0.25, 0.3) is 0 Å². The molecule has 2 rings (SSSR count). The average Bonchev–Trinajstić information content (AvgIpc) is 2.59. The van der Waals surface area contributed by atoms with Crippen molar-refractivity contribution in [2.24, 2.45) is 0 Å². The summed E-state index contributed by atoms with van der Waals surface area (Å²) in [6, 6.07) is 17.1. The van der Waals surface area contributed by atoms with E-state index in [9.17, 15) is 4.79 Å². The molecule has 0 spiro atoms. The van der Waals surface area contributed by atoms with Crippen LogP contribution >= 0.6 is 0 Å². The van der Waals surface area contributed by atoms with Crippen molar-refractivity contribution in [2.45, 2.75) is 65.3 Å². The largest absolute Gasteiger partial charge is 0.350 e. The van der Waals surface area contributed by atoms with Gasteiger partial charge >= 0.3 is 0 Å². The lowest BCUT2D eigenvalue weighted by molar-refractivity contribution is -0.121. The number of amides is 1. The van der Waals surface area contributed by atoms with Gasteiger partial charge in [-0.2, -0.15) is 0 Å². The van der Waals surface area contributed by atoms with Crippen molar-refractivity contribution < 1.29 is 4.79 Å². The average molecular weight is 338 g/mol. The minimum atomic E-state index is 0.0315. The van der Waals surface area contributed by atoms with Gasteiger partial charge in [-0.15, -0.1) is 0 Å². The van der Waals surface area contributed by atoms with Crippen LogP contribution in [0.2, 0.25) is 0 Å². The fourth-order valence-corrected chi connectivity index (χ4v) is 2.87. The standard InChI is InChI=1S/C23H31NO/c1-6-18-7-9-19(10-8-18)11-16-22(25)24-17(2)20-12-14-21(15-13-20)23(3,4)5/h7-10,12-15,17H,6,11,16H2,1-5H3,(H,24,25)/t17-/m1/s1. The summed E-state index contributed by atoms with van der Waals surface area (Å²) in [5, 5.41) is 3.11. The molecule has 0 saturated heterocycles. The molecule has 0 aliphatic rings. The fourth-order valence-electron chi connectivity index (χ4n) is 2.87. The molecule has 0 fully saturated rings. The summed E-state index contributed by atoms with van der Waals surface area (Å²) in [7, 11) is 0. The molecule has 0 saturated carbocycles. The van der Waals surface area contributed by atoms with Crippen LogP contribution < -0.4 is 5.32 Å². The monoisotopic (exact) mass is 337 g/mol. The van der Waals surface area contributed by atoms with Gasteiger partial charge in [0.2, 0.25) is 5.91 Å². The van der Waals surface area contributed by atoms with Crippen LogP contribution in [0.1, 0.15) is 69.3 Å². The maximum atomic E-state index is 12.2. The molecule has 2 aromatic carbocycles. The Labute approximate surface area is 152 Å². The predicted molar refractivity (Wildman–Crippen MR) is 106 cm³/mol. The Balaban J connectivity index is 1.86. The highest BCUT2D eigenvalue weighted by atomic mass is 16.1. The van der Waals surface area contributed by atoms with Crippen LogP contribution in [-0.4, -0.2) is 5.91 Å². The van der Waals surface area contributed by atoms with Crippen molar-refractivity contribution in [2.75, 3.05) is 0 Å². The molecule has 1 amide bonds. The predicted octanol–water partition coefficient (Wildman–Crippen LogP) is 5.36. The molecule has 0 aliphatic heterocycles. The maximum Gasteiger partial charge on any atom is 0.220 e. The van der Waals surface area contributed by atoms with Gasteiger partial charge in [-0.25, -0.2) is 0 Å². The minimum absolute atomic E-state index is 0.0315. The number of carbonyl (C=O) groups is 1. The second-order valence-electron chi connectivity index (χ2n) is 7.83. The van der Waals surface area contributed by atoms with Crippen LogP contribution in [0.4, 0.5) is 0 Å².